The van der Waals surface area contributed by atoms with Crippen molar-refractivity contribution in [1.82, 2.24) is 24.7 Å². The number of anilines is 1. The average molecular weight is 268 g/mol. The molecule has 8 heteroatoms. The lowest BCUT2D eigenvalue weighted by Gasteiger charge is -2.05. The van der Waals surface area contributed by atoms with E-state index in [1.165, 1.54) is 0 Å². The standard InChI is InChI=1S/C10H13FN6S/c1-4-12-9-13-5-7(11)8(14-9)18-10-16-15-6(2)17(10)3/h5H,4H2,1-3H3,(H,12,13,14). The van der Waals surface area contributed by atoms with Gasteiger partial charge in [0.1, 0.15) is 10.9 Å². The van der Waals surface area contributed by atoms with Gasteiger partial charge in [0.15, 0.2) is 11.0 Å². The SMILES string of the molecule is CCNc1ncc(F)c(Sc2nnc(C)n2C)n1. The van der Waals surface area contributed by atoms with Crippen molar-refractivity contribution in [1.29, 1.82) is 0 Å². The van der Waals surface area contributed by atoms with Crippen LogP contribution in [0.5, 0.6) is 0 Å². The second-order valence-corrected chi connectivity index (χ2v) is 4.52. The first-order valence-corrected chi connectivity index (χ1v) is 6.23. The van der Waals surface area contributed by atoms with Crippen molar-refractivity contribution >= 4 is 17.7 Å². The molecule has 0 aromatic carbocycles. The van der Waals surface area contributed by atoms with Crippen molar-refractivity contribution in [2.24, 2.45) is 7.05 Å². The smallest absolute Gasteiger partial charge is 0.223 e. The predicted octanol–water partition coefficient (Wildman–Crippen LogP) is 1.64. The molecule has 0 fully saturated rings. The Morgan fingerprint density at radius 1 is 1.44 bits per heavy atom. The number of halogens is 1. The molecule has 2 aromatic rings. The lowest BCUT2D eigenvalue weighted by atomic mass is 10.6. The molecule has 0 aliphatic rings. The molecule has 0 unspecified atom stereocenters. The fourth-order valence-electron chi connectivity index (χ4n) is 1.23. The second kappa shape index (κ2) is 5.30. The van der Waals surface area contributed by atoms with Gasteiger partial charge in [0, 0.05) is 13.6 Å². The molecular formula is C10H13FN6S. The highest BCUT2D eigenvalue weighted by atomic mass is 32.2. The van der Waals surface area contributed by atoms with Crippen molar-refractivity contribution in [3.05, 3.63) is 17.8 Å². The van der Waals surface area contributed by atoms with Gasteiger partial charge in [-0.25, -0.2) is 14.4 Å². The molecule has 0 saturated carbocycles. The van der Waals surface area contributed by atoms with Crippen LogP contribution < -0.4 is 5.32 Å². The van der Waals surface area contributed by atoms with Crippen LogP contribution in [-0.4, -0.2) is 31.3 Å². The third-order valence-electron chi connectivity index (χ3n) is 2.29. The van der Waals surface area contributed by atoms with E-state index in [9.17, 15) is 4.39 Å². The fraction of sp³-hybridized carbons (Fsp3) is 0.400. The van der Waals surface area contributed by atoms with Crippen LogP contribution in [0.25, 0.3) is 0 Å². The second-order valence-electron chi connectivity index (χ2n) is 3.57. The normalized spacial score (nSPS) is 10.7. The van der Waals surface area contributed by atoms with E-state index >= 15 is 0 Å². The highest BCUT2D eigenvalue weighted by Crippen LogP contribution is 2.26. The topological polar surface area (TPSA) is 68.5 Å². The van der Waals surface area contributed by atoms with Gasteiger partial charge >= 0.3 is 0 Å². The van der Waals surface area contributed by atoms with Crippen molar-refractivity contribution < 1.29 is 4.39 Å². The maximum atomic E-state index is 13.6. The number of nitrogens with one attached hydrogen (secondary N) is 1. The zero-order chi connectivity index (χ0) is 13.1. The first-order chi connectivity index (χ1) is 8.61. The number of aromatic nitrogens is 5. The average Bonchev–Trinajstić information content (AvgIpc) is 2.66. The van der Waals surface area contributed by atoms with E-state index in [4.69, 9.17) is 0 Å². The molecule has 18 heavy (non-hydrogen) atoms. The van der Waals surface area contributed by atoms with E-state index in [-0.39, 0.29) is 5.03 Å². The molecule has 0 bridgehead atoms. The summed E-state index contributed by atoms with van der Waals surface area (Å²) in [5.41, 5.74) is 0. The van der Waals surface area contributed by atoms with Gasteiger partial charge in [0.25, 0.3) is 0 Å². The Bertz CT molecular complexity index is 555. The highest BCUT2D eigenvalue weighted by molar-refractivity contribution is 7.99. The number of rotatable bonds is 4. The molecule has 2 heterocycles. The molecule has 2 aromatic heterocycles. The van der Waals surface area contributed by atoms with Crippen LogP contribution in [0, 0.1) is 12.7 Å². The maximum absolute atomic E-state index is 13.6. The monoisotopic (exact) mass is 268 g/mol. The molecule has 0 saturated heterocycles. The van der Waals surface area contributed by atoms with Crippen molar-refractivity contribution in [3.63, 3.8) is 0 Å². The number of hydrogen-bond donors (Lipinski definition) is 1. The van der Waals surface area contributed by atoms with Gasteiger partial charge in [0.05, 0.1) is 6.20 Å². The molecule has 0 aliphatic carbocycles. The summed E-state index contributed by atoms with van der Waals surface area (Å²) >= 11 is 1.12. The van der Waals surface area contributed by atoms with Crippen LogP contribution in [0.4, 0.5) is 10.3 Å². The maximum Gasteiger partial charge on any atom is 0.223 e. The number of aryl methyl sites for hydroxylation is 1. The molecule has 0 aliphatic heterocycles. The van der Waals surface area contributed by atoms with Gasteiger partial charge < -0.3 is 9.88 Å². The summed E-state index contributed by atoms with van der Waals surface area (Å²) < 4.78 is 15.4. The Hall–Kier alpha value is -1.70. The molecule has 0 spiro atoms. The molecule has 6 nitrogen and oxygen atoms in total. The Balaban J connectivity index is 2.27. The van der Waals surface area contributed by atoms with E-state index in [0.717, 1.165) is 23.8 Å². The highest BCUT2D eigenvalue weighted by Gasteiger charge is 2.13. The van der Waals surface area contributed by atoms with Gasteiger partial charge in [-0.1, -0.05) is 0 Å². The van der Waals surface area contributed by atoms with E-state index in [0.29, 0.717) is 17.6 Å². The summed E-state index contributed by atoms with van der Waals surface area (Å²) in [6, 6.07) is 0. The first-order valence-electron chi connectivity index (χ1n) is 5.42. The van der Waals surface area contributed by atoms with Gasteiger partial charge in [0.2, 0.25) is 5.95 Å². The van der Waals surface area contributed by atoms with Crippen LogP contribution in [0.2, 0.25) is 0 Å². The molecule has 0 radical (unpaired) electrons. The van der Waals surface area contributed by atoms with Gasteiger partial charge in [-0.2, -0.15) is 0 Å². The van der Waals surface area contributed by atoms with E-state index in [2.05, 4.69) is 25.5 Å². The molecule has 0 atom stereocenters. The van der Waals surface area contributed by atoms with Crippen LogP contribution in [0.3, 0.4) is 0 Å². The number of hydrogen-bond acceptors (Lipinski definition) is 6. The summed E-state index contributed by atoms with van der Waals surface area (Å²) in [5.74, 6) is 0.696. The zero-order valence-corrected chi connectivity index (χ0v) is 11.1. The van der Waals surface area contributed by atoms with E-state index < -0.39 is 5.82 Å². The summed E-state index contributed by atoms with van der Waals surface area (Å²) in [7, 11) is 1.82. The van der Waals surface area contributed by atoms with Gasteiger partial charge in [-0.15, -0.1) is 10.2 Å². The van der Waals surface area contributed by atoms with Crippen LogP contribution in [-0.2, 0) is 7.05 Å². The molecular weight excluding hydrogens is 255 g/mol. The Labute approximate surface area is 108 Å². The molecule has 2 rings (SSSR count). The quantitative estimate of drug-likeness (QED) is 0.850. The minimum Gasteiger partial charge on any atom is -0.354 e. The van der Waals surface area contributed by atoms with E-state index in [1.807, 2.05) is 20.9 Å². The van der Waals surface area contributed by atoms with E-state index in [1.54, 1.807) is 4.57 Å². The third kappa shape index (κ3) is 2.58. The zero-order valence-electron chi connectivity index (χ0n) is 10.3. The Kier molecular flexibility index (Phi) is 3.75. The molecule has 96 valence electrons. The van der Waals surface area contributed by atoms with Crippen molar-refractivity contribution in [3.8, 4) is 0 Å². The molecule has 0 amide bonds. The minimum absolute atomic E-state index is 0.233. The van der Waals surface area contributed by atoms with Crippen LogP contribution in [0.15, 0.2) is 16.4 Å². The Morgan fingerprint density at radius 2 is 2.22 bits per heavy atom. The van der Waals surface area contributed by atoms with Crippen LogP contribution in [0.1, 0.15) is 12.7 Å². The summed E-state index contributed by atoms with van der Waals surface area (Å²) in [6.45, 7) is 4.43. The summed E-state index contributed by atoms with van der Waals surface area (Å²) in [4.78, 5) is 7.94. The number of nitrogens with zero attached hydrogens (tertiary/aromatic N) is 5. The summed E-state index contributed by atoms with van der Waals surface area (Å²) in [6.07, 6.45) is 1.15. The summed E-state index contributed by atoms with van der Waals surface area (Å²) in [5, 5.41) is 11.6. The van der Waals surface area contributed by atoms with Gasteiger partial charge in [-0.05, 0) is 25.6 Å². The third-order valence-corrected chi connectivity index (χ3v) is 3.31. The van der Waals surface area contributed by atoms with Crippen molar-refractivity contribution in [2.45, 2.75) is 24.0 Å². The predicted molar refractivity (Wildman–Crippen MR) is 66.0 cm³/mol. The largest absolute Gasteiger partial charge is 0.354 e. The fourth-order valence-corrected chi connectivity index (χ4v) is 2.04. The van der Waals surface area contributed by atoms with Crippen molar-refractivity contribution in [2.75, 3.05) is 11.9 Å². The van der Waals surface area contributed by atoms with Crippen LogP contribution >= 0.6 is 11.8 Å². The lowest BCUT2D eigenvalue weighted by molar-refractivity contribution is 0.579. The Morgan fingerprint density at radius 3 is 2.83 bits per heavy atom. The lowest BCUT2D eigenvalue weighted by Crippen LogP contribution is -2.04. The first kappa shape index (κ1) is 12.7. The molecule has 1 N–H and O–H groups in total. The van der Waals surface area contributed by atoms with Gasteiger partial charge in [-0.3, -0.25) is 0 Å². The minimum atomic E-state index is -0.470.